The van der Waals surface area contributed by atoms with Crippen LogP contribution in [0.3, 0.4) is 0 Å². The molecule has 0 aliphatic heterocycles. The fourth-order valence-electron chi connectivity index (χ4n) is 3.87. The molecule has 0 aromatic carbocycles. The van der Waals surface area contributed by atoms with Crippen LogP contribution >= 0.6 is 0 Å². The second-order valence-electron chi connectivity index (χ2n) is 9.43. The van der Waals surface area contributed by atoms with E-state index in [9.17, 15) is 25.3 Å². The molecule has 0 radical (unpaired) electrons. The molecule has 0 bridgehead atoms. The van der Waals surface area contributed by atoms with Crippen LogP contribution in [0, 0.1) is 0 Å². The summed E-state index contributed by atoms with van der Waals surface area (Å²) in [6.45, 7) is 4.35. The van der Waals surface area contributed by atoms with Crippen molar-refractivity contribution in [3.8, 4) is 0 Å². The second kappa shape index (κ2) is 20.8. The summed E-state index contributed by atoms with van der Waals surface area (Å²) in [6, 6.07) is 0. The third-order valence-corrected chi connectivity index (χ3v) is 10.4. The van der Waals surface area contributed by atoms with Gasteiger partial charge in [-0.3, -0.25) is 0 Å². The summed E-state index contributed by atoms with van der Waals surface area (Å²) in [5.74, 6) is -0.991. The smallest absolute Gasteiger partial charge is 0.198 e. The van der Waals surface area contributed by atoms with Crippen molar-refractivity contribution in [3.05, 3.63) is 0 Å². The minimum atomic E-state index is -5.20. The Labute approximate surface area is 216 Å². The molecule has 0 rings (SSSR count). The lowest BCUT2D eigenvalue weighted by molar-refractivity contribution is 0.384. The number of hydrogen-bond acceptors (Lipinski definition) is 8. The van der Waals surface area contributed by atoms with E-state index in [0.29, 0.717) is 12.8 Å². The van der Waals surface area contributed by atoms with E-state index < -0.39 is 42.1 Å². The minimum absolute atomic E-state index is 0.249. The van der Waals surface area contributed by atoms with Crippen molar-refractivity contribution >= 4 is 30.6 Å². The van der Waals surface area contributed by atoms with Gasteiger partial charge >= 0.3 is 10.4 Å². The van der Waals surface area contributed by atoms with E-state index in [0.717, 1.165) is 38.5 Å². The molecule has 0 fully saturated rings. The molecule has 0 heterocycles. The first-order chi connectivity index (χ1) is 16.5. The molecular formula is C24H50O8S3. The van der Waals surface area contributed by atoms with Gasteiger partial charge in [0.15, 0.2) is 0 Å². The predicted molar refractivity (Wildman–Crippen MR) is 142 cm³/mol. The van der Waals surface area contributed by atoms with Crippen LogP contribution in [0.25, 0.3) is 0 Å². The molecule has 0 unspecified atom stereocenters. The van der Waals surface area contributed by atoms with Crippen LogP contribution in [0.15, 0.2) is 0 Å². The van der Waals surface area contributed by atoms with Crippen molar-refractivity contribution in [1.29, 1.82) is 0 Å². The lowest BCUT2D eigenvalue weighted by atomic mass is 10.1. The van der Waals surface area contributed by atoms with Gasteiger partial charge in [0, 0.05) is 0 Å². The third-order valence-electron chi connectivity index (χ3n) is 5.87. The van der Waals surface area contributed by atoms with Crippen LogP contribution in [0.5, 0.6) is 0 Å². The zero-order valence-corrected chi connectivity index (χ0v) is 24.5. The zero-order chi connectivity index (χ0) is 26.5. The van der Waals surface area contributed by atoms with Crippen molar-refractivity contribution in [2.75, 3.05) is 11.5 Å². The first kappa shape index (κ1) is 34.8. The number of unbranched alkanes of at least 4 members (excludes halogenated alkanes) is 18. The summed E-state index contributed by atoms with van der Waals surface area (Å²) in [5, 5.41) is 0. The first-order valence-corrected chi connectivity index (χ1v) is 18.1. The van der Waals surface area contributed by atoms with E-state index in [2.05, 4.69) is 21.1 Å². The van der Waals surface area contributed by atoms with Crippen LogP contribution < -0.4 is 0 Å². The van der Waals surface area contributed by atoms with Crippen molar-refractivity contribution in [3.63, 3.8) is 0 Å². The van der Waals surface area contributed by atoms with Crippen molar-refractivity contribution in [2.45, 2.75) is 142 Å². The molecule has 0 atom stereocenters. The molecule has 35 heavy (non-hydrogen) atoms. The topological polar surface area (TPSA) is 121 Å². The maximum absolute atomic E-state index is 11.9. The lowest BCUT2D eigenvalue weighted by Crippen LogP contribution is -2.23. The summed E-state index contributed by atoms with van der Waals surface area (Å²) >= 11 is 0. The van der Waals surface area contributed by atoms with Crippen LogP contribution in [0.1, 0.15) is 142 Å². The molecule has 212 valence electrons. The van der Waals surface area contributed by atoms with Gasteiger partial charge in [0.05, 0.1) is 11.5 Å². The van der Waals surface area contributed by atoms with Gasteiger partial charge in [-0.25, -0.2) is 0 Å². The van der Waals surface area contributed by atoms with Gasteiger partial charge in [0.25, 0.3) is 20.2 Å². The van der Waals surface area contributed by atoms with E-state index in [4.69, 9.17) is 0 Å². The Kier molecular flexibility index (Phi) is 20.6. The van der Waals surface area contributed by atoms with Gasteiger partial charge in [-0.15, -0.1) is 7.26 Å². The lowest BCUT2D eigenvalue weighted by Gasteiger charge is -2.07. The zero-order valence-electron chi connectivity index (χ0n) is 22.0. The molecular weight excluding hydrogens is 512 g/mol. The summed E-state index contributed by atoms with van der Waals surface area (Å²) in [5.41, 5.74) is 0. The van der Waals surface area contributed by atoms with Crippen LogP contribution in [-0.4, -0.2) is 36.8 Å². The fourth-order valence-corrected chi connectivity index (χ4v) is 7.85. The highest BCUT2D eigenvalue weighted by Crippen LogP contribution is 2.15. The Hall–Kier alpha value is -0.230. The van der Waals surface area contributed by atoms with E-state index in [1.807, 2.05) is 0 Å². The van der Waals surface area contributed by atoms with Crippen molar-refractivity contribution in [1.82, 2.24) is 0 Å². The molecule has 0 saturated heterocycles. The molecule has 0 saturated carbocycles. The quantitative estimate of drug-likeness (QED) is 0.106. The molecule has 0 aliphatic rings. The van der Waals surface area contributed by atoms with E-state index >= 15 is 0 Å². The first-order valence-electron chi connectivity index (χ1n) is 13.7. The highest BCUT2D eigenvalue weighted by Gasteiger charge is 2.29. The Morgan fingerprint density at radius 3 is 0.857 bits per heavy atom. The number of rotatable bonds is 26. The summed E-state index contributed by atoms with van der Waals surface area (Å²) in [7, 11) is -14.1. The van der Waals surface area contributed by atoms with E-state index in [1.54, 1.807) is 0 Å². The molecule has 0 N–H and O–H groups in total. The van der Waals surface area contributed by atoms with Crippen molar-refractivity contribution in [2.24, 2.45) is 0 Å². The molecule has 8 nitrogen and oxygen atoms in total. The average molecular weight is 563 g/mol. The average Bonchev–Trinajstić information content (AvgIpc) is 2.74. The largest absolute Gasteiger partial charge is 0.429 e. The Balaban J connectivity index is 4.02. The molecule has 11 heteroatoms. The monoisotopic (exact) mass is 562 g/mol. The van der Waals surface area contributed by atoms with Crippen LogP contribution in [-0.2, 0) is 37.9 Å². The Morgan fingerprint density at radius 2 is 0.600 bits per heavy atom. The van der Waals surface area contributed by atoms with Crippen molar-refractivity contribution < 1.29 is 32.5 Å². The van der Waals surface area contributed by atoms with Crippen LogP contribution in [0.2, 0.25) is 0 Å². The predicted octanol–water partition coefficient (Wildman–Crippen LogP) is 6.77. The molecule has 0 aromatic rings. The van der Waals surface area contributed by atoms with E-state index in [-0.39, 0.29) is 12.8 Å². The Morgan fingerprint density at radius 1 is 0.371 bits per heavy atom. The summed E-state index contributed by atoms with van der Waals surface area (Å²) in [4.78, 5) is 0. The number of hydrogen-bond donors (Lipinski definition) is 0. The minimum Gasteiger partial charge on any atom is -0.198 e. The van der Waals surface area contributed by atoms with Crippen LogP contribution in [0.4, 0.5) is 0 Å². The van der Waals surface area contributed by atoms with Gasteiger partial charge in [-0.05, 0) is 12.8 Å². The van der Waals surface area contributed by atoms with Gasteiger partial charge in [0.2, 0.25) is 0 Å². The van der Waals surface area contributed by atoms with Gasteiger partial charge < -0.3 is 0 Å². The SMILES string of the molecule is CCCCCCCCCCCCS(=O)(=O)OS(=O)(=O)OS(=O)(=O)CCCCCCCCCCCC. The summed E-state index contributed by atoms with van der Waals surface area (Å²) < 4.78 is 79.6. The maximum atomic E-state index is 11.9. The van der Waals surface area contributed by atoms with Gasteiger partial charge in [-0.2, -0.15) is 25.3 Å². The highest BCUT2D eigenvalue weighted by atomic mass is 32.3. The standard InChI is InChI=1S/C24H50O8S3/c1-3-5-7-9-11-13-15-17-19-21-23-33(25,26)31-35(29,30)32-34(27,28)24-22-20-18-16-14-12-10-8-6-4-2/h3-24H2,1-2H3. The van der Waals surface area contributed by atoms with E-state index in [1.165, 1.54) is 64.2 Å². The van der Waals surface area contributed by atoms with Gasteiger partial charge in [0.1, 0.15) is 0 Å². The second-order valence-corrected chi connectivity index (χ2v) is 14.4. The fraction of sp³-hybridized carbons (Fsp3) is 1.00. The Bertz CT molecular complexity index is 744. The molecule has 0 aliphatic carbocycles. The normalized spacial score (nSPS) is 12.9. The maximum Gasteiger partial charge on any atom is 0.429 e. The van der Waals surface area contributed by atoms with Gasteiger partial charge in [-0.1, -0.05) is 129 Å². The third kappa shape index (κ3) is 23.9. The highest BCUT2D eigenvalue weighted by molar-refractivity contribution is 8.03. The summed E-state index contributed by atoms with van der Waals surface area (Å²) in [6.07, 6.45) is 19.9. The molecule has 0 aromatic heterocycles. The molecule has 0 amide bonds. The molecule has 0 spiro atoms.